The first kappa shape index (κ1) is 37.7. The van der Waals surface area contributed by atoms with Crippen molar-refractivity contribution in [3.8, 4) is 0 Å². The fourth-order valence-corrected chi connectivity index (χ4v) is 13.5. The van der Waals surface area contributed by atoms with Crippen LogP contribution in [0, 0.1) is 28.6 Å². The Morgan fingerprint density at radius 3 is 2.50 bits per heavy atom. The Balaban J connectivity index is 1.18. The van der Waals surface area contributed by atoms with Crippen molar-refractivity contribution >= 4 is 28.2 Å². The van der Waals surface area contributed by atoms with E-state index in [-0.39, 0.29) is 34.4 Å². The van der Waals surface area contributed by atoms with Crippen LogP contribution in [0.1, 0.15) is 146 Å². The number of nitrogens with zero attached hydrogens (tertiary/aromatic N) is 2. The van der Waals surface area contributed by atoms with Crippen LogP contribution >= 0.6 is 0 Å². The summed E-state index contributed by atoms with van der Waals surface area (Å²) in [6.45, 7) is 25.5. The van der Waals surface area contributed by atoms with Crippen LogP contribution in [0.2, 0.25) is 0 Å². The molecule has 2 aliphatic heterocycles. The van der Waals surface area contributed by atoms with E-state index in [9.17, 15) is 19.8 Å². The van der Waals surface area contributed by atoms with Gasteiger partial charge in [-0.25, -0.2) is 0 Å². The van der Waals surface area contributed by atoms with Gasteiger partial charge in [0.25, 0.3) is 0 Å². The van der Waals surface area contributed by atoms with Gasteiger partial charge >= 0.3 is 0 Å². The second-order valence-electron chi connectivity index (χ2n) is 20.5. The number of fused-ring (bicyclic) bond motifs is 11. The third kappa shape index (κ3) is 4.72. The third-order valence-electron chi connectivity index (χ3n) is 15.9. The first-order valence-electron chi connectivity index (χ1n) is 20.7. The molecule has 6 aliphatic rings. The Hall–Kier alpha value is -3.85. The van der Waals surface area contributed by atoms with Gasteiger partial charge in [0.1, 0.15) is 6.04 Å². The zero-order valence-corrected chi connectivity index (χ0v) is 34.8. The van der Waals surface area contributed by atoms with Gasteiger partial charge in [0.05, 0.1) is 45.7 Å². The normalized spacial score (nSPS) is 36.1. The van der Waals surface area contributed by atoms with E-state index in [0.29, 0.717) is 17.9 Å². The molecule has 9 rings (SSSR count). The molecule has 3 aromatic rings. The smallest absolute Gasteiger partial charge is 0.244 e. The summed E-state index contributed by atoms with van der Waals surface area (Å²) in [6, 6.07) is 7.44. The first-order valence-corrected chi connectivity index (χ1v) is 20.7. The van der Waals surface area contributed by atoms with Crippen LogP contribution in [0.5, 0.6) is 0 Å². The summed E-state index contributed by atoms with van der Waals surface area (Å²) in [5.41, 5.74) is 5.45. The fourth-order valence-electron chi connectivity index (χ4n) is 13.5. The lowest BCUT2D eigenvalue weighted by molar-refractivity contribution is -0.145. The zero-order valence-electron chi connectivity index (χ0n) is 34.8. The maximum Gasteiger partial charge on any atom is 0.244 e. The van der Waals surface area contributed by atoms with Crippen LogP contribution in [-0.2, 0) is 26.9 Å². The Labute approximate surface area is 331 Å². The number of ether oxygens (including phenoxy) is 1. The Kier molecular flexibility index (Phi) is 7.84. The number of hydrogen-bond acceptors (Lipinski definition) is 6. The number of Topliss-reactive ketones (excluding diaryl/α,β-unsaturated/α-hetero) is 1. The van der Waals surface area contributed by atoms with Gasteiger partial charge in [-0.1, -0.05) is 45.1 Å². The number of nitrogens with one attached hydrogen (secondary N) is 1. The zero-order chi connectivity index (χ0) is 40.3. The second-order valence-corrected chi connectivity index (χ2v) is 20.5. The summed E-state index contributed by atoms with van der Waals surface area (Å²) in [5.74, 6) is -0.0497. The van der Waals surface area contributed by atoms with Crippen LogP contribution in [0.25, 0.3) is 16.5 Å². The molecule has 4 aliphatic carbocycles. The molecule has 1 amide bonds. The average molecular weight is 758 g/mol. The molecular formula is C48H59N3O5. The van der Waals surface area contributed by atoms with Crippen LogP contribution in [-0.4, -0.2) is 48.8 Å². The highest BCUT2D eigenvalue weighted by Crippen LogP contribution is 2.71. The van der Waals surface area contributed by atoms with Gasteiger partial charge in [0, 0.05) is 39.6 Å². The summed E-state index contributed by atoms with van der Waals surface area (Å²) in [4.78, 5) is 33.0. The van der Waals surface area contributed by atoms with Crippen LogP contribution in [0.4, 0.5) is 0 Å². The molecule has 296 valence electrons. The number of allylic oxidation sites excluding steroid dienone is 1. The quantitative estimate of drug-likeness (QED) is 0.178. The average Bonchev–Trinajstić information content (AvgIpc) is 3.78. The highest BCUT2D eigenvalue weighted by Gasteiger charge is 2.68. The molecule has 8 heteroatoms. The van der Waals surface area contributed by atoms with Gasteiger partial charge in [-0.05, 0) is 145 Å². The van der Waals surface area contributed by atoms with E-state index in [2.05, 4.69) is 82.1 Å². The highest BCUT2D eigenvalue weighted by molar-refractivity contribution is 6.18. The minimum atomic E-state index is -0.869. The largest absolute Gasteiger partial charge is 0.392 e. The van der Waals surface area contributed by atoms with Crippen LogP contribution in [0.15, 0.2) is 60.8 Å². The number of rotatable bonds is 5. The van der Waals surface area contributed by atoms with Crippen molar-refractivity contribution in [2.24, 2.45) is 28.6 Å². The van der Waals surface area contributed by atoms with Crippen molar-refractivity contribution in [3.63, 3.8) is 0 Å². The van der Waals surface area contributed by atoms with Gasteiger partial charge in [-0.2, -0.15) is 0 Å². The van der Waals surface area contributed by atoms with Gasteiger partial charge in [0.2, 0.25) is 5.91 Å². The van der Waals surface area contributed by atoms with Gasteiger partial charge in [-0.3, -0.25) is 14.6 Å². The van der Waals surface area contributed by atoms with Crippen molar-refractivity contribution < 1.29 is 24.5 Å². The van der Waals surface area contributed by atoms with E-state index < -0.39 is 40.4 Å². The second kappa shape index (κ2) is 11.6. The lowest BCUT2D eigenvalue weighted by atomic mass is 9.40. The van der Waals surface area contributed by atoms with Crippen molar-refractivity contribution in [3.05, 3.63) is 94.5 Å². The maximum atomic E-state index is 15.0. The van der Waals surface area contributed by atoms with E-state index in [1.165, 1.54) is 11.3 Å². The summed E-state index contributed by atoms with van der Waals surface area (Å²) < 4.78 is 8.89. The SMILES string of the molecule is C=C(C)[C@H]1C(=O)c2c3c(cc4c5c(n1c24)[C@@]1(C)C(CC[C@H]2[C@](C)(/C=C/C(=O)NC(C)(C)c4ccccn4)[C@@H](O)CC[C@@]21C)C5)C1=CC(C)(C)OC(C)(C)C1[C@@H]3O. The lowest BCUT2D eigenvalue weighted by Crippen LogP contribution is -2.62. The monoisotopic (exact) mass is 757 g/mol. The molecule has 8 nitrogen and oxygen atoms in total. The number of aliphatic hydroxyl groups excluding tert-OH is 2. The molecule has 2 unspecified atom stereocenters. The highest BCUT2D eigenvalue weighted by atomic mass is 16.5. The van der Waals surface area contributed by atoms with E-state index in [1.54, 1.807) is 12.3 Å². The van der Waals surface area contributed by atoms with Gasteiger partial charge in [-0.15, -0.1) is 0 Å². The Morgan fingerprint density at radius 2 is 1.82 bits per heavy atom. The molecule has 4 heterocycles. The fraction of sp³-hybridized carbons (Fsp3) is 0.562. The number of aromatic nitrogens is 2. The molecular weight excluding hydrogens is 699 g/mol. The minimum Gasteiger partial charge on any atom is -0.392 e. The summed E-state index contributed by atoms with van der Waals surface area (Å²) in [5, 5.41) is 28.4. The molecule has 2 fully saturated rings. The number of hydrogen-bond donors (Lipinski definition) is 3. The predicted molar refractivity (Wildman–Crippen MR) is 219 cm³/mol. The minimum absolute atomic E-state index is 0.0180. The number of amides is 1. The predicted octanol–water partition coefficient (Wildman–Crippen LogP) is 8.60. The lowest BCUT2D eigenvalue weighted by Gasteiger charge is -2.64. The summed E-state index contributed by atoms with van der Waals surface area (Å²) in [6.07, 6.45) is 10.3. The first-order chi connectivity index (χ1) is 26.1. The number of carbonyl (C=O) groups excluding carboxylic acids is 2. The third-order valence-corrected chi connectivity index (χ3v) is 15.9. The molecule has 0 radical (unpaired) electrons. The summed E-state index contributed by atoms with van der Waals surface area (Å²) in [7, 11) is 0. The van der Waals surface area contributed by atoms with Crippen molar-refractivity contribution in [2.45, 2.75) is 142 Å². The number of ketones is 1. The number of pyridine rings is 1. The molecule has 3 N–H and O–H groups in total. The standard InChI is InChI=1S/C48H59N3O5/c1-25(2)38-41(55)36-35-27(30-24-43(3,4)56-45(7,8)37(30)40(35)54)23-28-29-22-26-15-16-31-46(9,19-18-34(53)50-44(5,6)32-14-12-13-21-49-32)33(52)17-20-47(31,10)48(26,11)42(29)51(38)39(28)36/h12-14,18-19,21,23-24,26,31,33,37-38,40,52,54H,1,15-17,20,22H2,2-11H3,(H,50,53)/b19-18+/t26?,31-,33-,37?,38-,40+,46-,47-,48+/m0/s1. The molecule has 2 saturated carbocycles. The van der Waals surface area contributed by atoms with Crippen molar-refractivity contribution in [1.29, 1.82) is 0 Å². The van der Waals surface area contributed by atoms with E-state index in [1.807, 2.05) is 45.0 Å². The Bertz CT molecular complexity index is 2310. The van der Waals surface area contributed by atoms with Crippen LogP contribution in [0.3, 0.4) is 0 Å². The topological polar surface area (TPSA) is 114 Å². The van der Waals surface area contributed by atoms with Crippen LogP contribution < -0.4 is 5.32 Å². The molecule has 1 aromatic carbocycles. The molecule has 0 saturated heterocycles. The van der Waals surface area contributed by atoms with E-state index >= 15 is 0 Å². The maximum absolute atomic E-state index is 15.0. The molecule has 56 heavy (non-hydrogen) atoms. The van der Waals surface area contributed by atoms with Crippen molar-refractivity contribution in [1.82, 2.24) is 14.9 Å². The molecule has 2 aromatic heterocycles. The van der Waals surface area contributed by atoms with E-state index in [4.69, 9.17) is 4.74 Å². The number of aliphatic hydroxyl groups is 2. The Morgan fingerprint density at radius 1 is 1.09 bits per heavy atom. The van der Waals surface area contributed by atoms with Gasteiger partial charge in [0.15, 0.2) is 5.78 Å². The van der Waals surface area contributed by atoms with Gasteiger partial charge < -0.3 is 24.8 Å². The number of carbonyl (C=O) groups is 2. The summed E-state index contributed by atoms with van der Waals surface area (Å²) >= 11 is 0. The number of benzene rings is 1. The van der Waals surface area contributed by atoms with Crippen molar-refractivity contribution in [2.75, 3.05) is 0 Å². The molecule has 0 bridgehead atoms. The molecule has 0 spiro atoms. The van der Waals surface area contributed by atoms with E-state index in [0.717, 1.165) is 64.6 Å². The molecule has 9 atom stereocenters.